The number of rotatable bonds is 7. The number of phenolic OH excluding ortho intramolecular Hbond substituents is 1. The van der Waals surface area contributed by atoms with Crippen LogP contribution in [0.4, 0.5) is 0 Å². The zero-order valence-corrected chi connectivity index (χ0v) is 18.7. The summed E-state index contributed by atoms with van der Waals surface area (Å²) in [5.41, 5.74) is 7.16. The van der Waals surface area contributed by atoms with Crippen molar-refractivity contribution in [3.63, 3.8) is 0 Å². The van der Waals surface area contributed by atoms with Crippen molar-refractivity contribution in [1.29, 1.82) is 0 Å². The average Bonchev–Trinajstić information content (AvgIpc) is 2.76. The molecule has 2 N–H and O–H groups in total. The van der Waals surface area contributed by atoms with Gasteiger partial charge in [0.25, 0.3) is 0 Å². The molecule has 0 saturated carbocycles. The summed E-state index contributed by atoms with van der Waals surface area (Å²) in [4.78, 5) is 2.34. The van der Waals surface area contributed by atoms with Crippen LogP contribution in [0.25, 0.3) is 11.1 Å². The van der Waals surface area contributed by atoms with Crippen molar-refractivity contribution >= 4 is 23.6 Å². The smallest absolute Gasteiger partial charge is 0.115 e. The number of aromatic hydroxyl groups is 1. The van der Waals surface area contributed by atoms with Gasteiger partial charge in [-0.3, -0.25) is 0 Å². The second-order valence-electron chi connectivity index (χ2n) is 8.13. The predicted octanol–water partition coefficient (Wildman–Crippen LogP) is 5.57. The molecule has 1 aliphatic heterocycles. The van der Waals surface area contributed by atoms with Gasteiger partial charge in [0.2, 0.25) is 0 Å². The molecule has 4 rings (SSSR count). The molecule has 31 heavy (non-hydrogen) atoms. The van der Waals surface area contributed by atoms with E-state index >= 15 is 0 Å². The molecule has 3 nitrogen and oxygen atoms in total. The summed E-state index contributed by atoms with van der Waals surface area (Å²) < 4.78 is 0. The first-order valence-corrected chi connectivity index (χ1v) is 10.6. The van der Waals surface area contributed by atoms with Crippen LogP contribution >= 0.6 is 12.4 Å². The van der Waals surface area contributed by atoms with Crippen molar-refractivity contribution in [2.75, 3.05) is 26.7 Å². The van der Waals surface area contributed by atoms with Gasteiger partial charge in [-0.1, -0.05) is 66.7 Å². The van der Waals surface area contributed by atoms with Gasteiger partial charge in [-0.05, 0) is 65.4 Å². The molecule has 1 saturated heterocycles. The third-order valence-electron chi connectivity index (χ3n) is 5.90. The van der Waals surface area contributed by atoms with Crippen molar-refractivity contribution in [2.45, 2.75) is 18.8 Å². The second-order valence-corrected chi connectivity index (χ2v) is 8.13. The quantitative estimate of drug-likeness (QED) is 0.476. The molecule has 3 aromatic carbocycles. The monoisotopic (exact) mass is 435 g/mol. The van der Waals surface area contributed by atoms with Gasteiger partial charge in [0, 0.05) is 25.6 Å². The van der Waals surface area contributed by atoms with Crippen LogP contribution in [0.3, 0.4) is 0 Å². The number of aliphatic hydroxyl groups excluding tert-OH is 1. The maximum absolute atomic E-state index is 9.81. The Bertz CT molecular complexity index is 992. The molecule has 0 spiro atoms. The fourth-order valence-electron chi connectivity index (χ4n) is 4.28. The number of nitrogens with zero attached hydrogens (tertiary/aromatic N) is 1. The standard InChI is InChI=1S/C27H29NO2.ClH/c1-28-18-24(19-28)20-9-11-22(12-10-20)27(23-13-15-25(30)16-14-23)26(8-5-17-29)21-6-3-2-4-7-21;/h2-4,6-7,9-16,24,29-30H,5,8,17-19H2,1H3;1H/b27-26+;. The number of halogens is 1. The van der Waals surface area contributed by atoms with Crippen molar-refractivity contribution < 1.29 is 10.2 Å². The molecule has 1 heterocycles. The van der Waals surface area contributed by atoms with Crippen LogP contribution in [0.5, 0.6) is 5.75 Å². The maximum atomic E-state index is 9.81. The summed E-state index contributed by atoms with van der Waals surface area (Å²) in [6, 6.07) is 26.8. The lowest BCUT2D eigenvalue weighted by Gasteiger charge is -2.36. The Kier molecular flexibility index (Phi) is 7.91. The minimum Gasteiger partial charge on any atom is -0.508 e. The molecule has 1 aliphatic rings. The molecule has 0 unspecified atom stereocenters. The number of allylic oxidation sites excluding steroid dienone is 1. The Labute approximate surface area is 191 Å². The number of aliphatic hydroxyl groups is 1. The summed E-state index contributed by atoms with van der Waals surface area (Å²) in [6.45, 7) is 2.39. The minimum atomic E-state index is 0. The third-order valence-corrected chi connectivity index (χ3v) is 5.90. The van der Waals surface area contributed by atoms with Crippen LogP contribution in [0.1, 0.15) is 41.0 Å². The molecule has 3 aromatic rings. The van der Waals surface area contributed by atoms with Gasteiger partial charge in [-0.25, -0.2) is 0 Å². The van der Waals surface area contributed by atoms with Crippen LogP contribution < -0.4 is 0 Å². The first kappa shape index (κ1) is 23.1. The fourth-order valence-corrected chi connectivity index (χ4v) is 4.28. The number of likely N-dealkylation sites (tertiary alicyclic amines) is 1. The summed E-state index contributed by atoms with van der Waals surface area (Å²) >= 11 is 0. The molecular weight excluding hydrogens is 406 g/mol. The molecule has 0 amide bonds. The maximum Gasteiger partial charge on any atom is 0.115 e. The second kappa shape index (κ2) is 10.6. The zero-order chi connectivity index (χ0) is 20.9. The van der Waals surface area contributed by atoms with E-state index in [-0.39, 0.29) is 24.8 Å². The highest BCUT2D eigenvalue weighted by molar-refractivity contribution is 5.98. The topological polar surface area (TPSA) is 43.7 Å². The van der Waals surface area contributed by atoms with E-state index in [0.29, 0.717) is 12.3 Å². The van der Waals surface area contributed by atoms with E-state index in [2.05, 4.69) is 60.5 Å². The van der Waals surface area contributed by atoms with Gasteiger partial charge in [0.15, 0.2) is 0 Å². The highest BCUT2D eigenvalue weighted by Gasteiger charge is 2.24. The zero-order valence-electron chi connectivity index (χ0n) is 17.9. The van der Waals surface area contributed by atoms with Crippen LogP contribution in [0, 0.1) is 0 Å². The van der Waals surface area contributed by atoms with Gasteiger partial charge in [-0.2, -0.15) is 0 Å². The van der Waals surface area contributed by atoms with Gasteiger partial charge < -0.3 is 15.1 Å². The van der Waals surface area contributed by atoms with Crippen LogP contribution in [-0.4, -0.2) is 41.9 Å². The first-order valence-electron chi connectivity index (χ1n) is 10.6. The summed E-state index contributed by atoms with van der Waals surface area (Å²) in [7, 11) is 2.16. The molecule has 0 aromatic heterocycles. The highest BCUT2D eigenvalue weighted by Crippen LogP contribution is 2.36. The molecular formula is C27H30ClNO2. The van der Waals surface area contributed by atoms with Crippen molar-refractivity contribution in [3.8, 4) is 5.75 Å². The number of benzene rings is 3. The third kappa shape index (κ3) is 5.37. The lowest BCUT2D eigenvalue weighted by molar-refractivity contribution is 0.190. The number of phenols is 1. The lowest BCUT2D eigenvalue weighted by atomic mass is 9.85. The largest absolute Gasteiger partial charge is 0.508 e. The van der Waals surface area contributed by atoms with E-state index in [9.17, 15) is 10.2 Å². The minimum absolute atomic E-state index is 0. The highest BCUT2D eigenvalue weighted by atomic mass is 35.5. The first-order chi connectivity index (χ1) is 14.7. The van der Waals surface area contributed by atoms with E-state index in [1.165, 1.54) is 16.7 Å². The SMILES string of the molecule is CN1CC(c2ccc(/C(=C(/CCCO)c3ccccc3)c3ccc(O)cc3)cc2)C1.Cl. The summed E-state index contributed by atoms with van der Waals surface area (Å²) in [6.07, 6.45) is 1.49. The Morgan fingerprint density at radius 1 is 0.839 bits per heavy atom. The van der Waals surface area contributed by atoms with Gasteiger partial charge in [-0.15, -0.1) is 12.4 Å². The Morgan fingerprint density at radius 3 is 1.97 bits per heavy atom. The van der Waals surface area contributed by atoms with E-state index in [1.54, 1.807) is 12.1 Å². The normalized spacial score (nSPS) is 15.0. The van der Waals surface area contributed by atoms with Gasteiger partial charge >= 0.3 is 0 Å². The molecule has 0 atom stereocenters. The summed E-state index contributed by atoms with van der Waals surface area (Å²) in [5.74, 6) is 0.882. The predicted molar refractivity (Wildman–Crippen MR) is 131 cm³/mol. The van der Waals surface area contributed by atoms with E-state index in [0.717, 1.165) is 36.2 Å². The molecule has 0 bridgehead atoms. The molecule has 0 aliphatic carbocycles. The molecule has 4 heteroatoms. The Morgan fingerprint density at radius 2 is 1.42 bits per heavy atom. The van der Waals surface area contributed by atoms with Gasteiger partial charge in [0.05, 0.1) is 0 Å². The van der Waals surface area contributed by atoms with E-state index in [1.807, 2.05) is 18.2 Å². The number of likely N-dealkylation sites (N-methyl/N-ethyl adjacent to an activating group) is 1. The Balaban J connectivity index is 0.00000272. The number of hydrogen-bond donors (Lipinski definition) is 2. The molecule has 1 fully saturated rings. The number of hydrogen-bond acceptors (Lipinski definition) is 3. The Hall–Kier alpha value is -2.59. The molecule has 162 valence electrons. The van der Waals surface area contributed by atoms with Crippen LogP contribution in [-0.2, 0) is 0 Å². The van der Waals surface area contributed by atoms with E-state index < -0.39 is 0 Å². The van der Waals surface area contributed by atoms with Crippen molar-refractivity contribution in [3.05, 3.63) is 101 Å². The van der Waals surface area contributed by atoms with E-state index in [4.69, 9.17) is 0 Å². The fraction of sp³-hybridized carbons (Fsp3) is 0.259. The summed E-state index contributed by atoms with van der Waals surface area (Å²) in [5, 5.41) is 19.3. The van der Waals surface area contributed by atoms with Crippen molar-refractivity contribution in [1.82, 2.24) is 4.90 Å². The van der Waals surface area contributed by atoms with Crippen LogP contribution in [0.2, 0.25) is 0 Å². The average molecular weight is 436 g/mol. The van der Waals surface area contributed by atoms with Crippen molar-refractivity contribution in [2.24, 2.45) is 0 Å². The van der Waals surface area contributed by atoms with Gasteiger partial charge in [0.1, 0.15) is 5.75 Å². The lowest BCUT2D eigenvalue weighted by Crippen LogP contribution is -2.41. The van der Waals surface area contributed by atoms with Crippen LogP contribution in [0.15, 0.2) is 78.9 Å². The molecule has 0 radical (unpaired) electrons.